The average molecular weight is 415 g/mol. The summed E-state index contributed by atoms with van der Waals surface area (Å²) in [5.41, 5.74) is 5.67. The lowest BCUT2D eigenvalue weighted by Gasteiger charge is -2.69. The van der Waals surface area contributed by atoms with E-state index in [4.69, 9.17) is 4.74 Å². The van der Waals surface area contributed by atoms with Crippen LogP contribution in [-0.4, -0.2) is 27.8 Å². The molecule has 2 heterocycles. The van der Waals surface area contributed by atoms with E-state index in [0.717, 1.165) is 58.0 Å². The van der Waals surface area contributed by atoms with E-state index in [9.17, 15) is 9.18 Å². The summed E-state index contributed by atoms with van der Waals surface area (Å²) in [5.74, 6) is -0.376. The van der Waals surface area contributed by atoms with Crippen molar-refractivity contribution in [2.45, 2.75) is 31.6 Å². The number of hydrogen-bond acceptors (Lipinski definition) is 3. The minimum Gasteiger partial charge on any atom is -0.469 e. The van der Waals surface area contributed by atoms with Gasteiger partial charge in [0, 0.05) is 21.9 Å². The second-order valence-electron chi connectivity index (χ2n) is 9.22. The minimum atomic E-state index is -0.344. The van der Waals surface area contributed by atoms with Crippen molar-refractivity contribution in [2.75, 3.05) is 7.11 Å². The van der Waals surface area contributed by atoms with Crippen LogP contribution in [0.3, 0.4) is 0 Å². The normalized spacial score (nSPS) is 24.1. The van der Waals surface area contributed by atoms with Gasteiger partial charge in [-0.05, 0) is 73.7 Å². The van der Waals surface area contributed by atoms with Crippen LogP contribution in [-0.2, 0) is 14.9 Å². The Morgan fingerprint density at radius 3 is 2.58 bits per heavy atom. The second-order valence-corrected chi connectivity index (χ2v) is 9.22. The van der Waals surface area contributed by atoms with Crippen molar-refractivity contribution in [3.8, 4) is 5.69 Å². The molecule has 3 fully saturated rings. The van der Waals surface area contributed by atoms with E-state index in [1.54, 1.807) is 12.1 Å². The van der Waals surface area contributed by atoms with Crippen LogP contribution in [0.15, 0.2) is 49.2 Å². The Morgan fingerprint density at radius 2 is 1.94 bits per heavy atom. The highest BCUT2D eigenvalue weighted by Gasteiger charge is 2.73. The Morgan fingerprint density at radius 1 is 1.23 bits per heavy atom. The number of hydrogen-bond donors (Lipinski definition) is 1. The largest absolute Gasteiger partial charge is 0.469 e. The summed E-state index contributed by atoms with van der Waals surface area (Å²) in [4.78, 5) is 12.3. The van der Waals surface area contributed by atoms with Gasteiger partial charge in [0.1, 0.15) is 5.82 Å². The summed E-state index contributed by atoms with van der Waals surface area (Å²) < 4.78 is 20.9. The van der Waals surface area contributed by atoms with Crippen molar-refractivity contribution in [1.29, 1.82) is 0 Å². The number of ether oxygens (including phenoxy) is 1. The molecule has 31 heavy (non-hydrogen) atoms. The number of esters is 1. The highest BCUT2D eigenvalue weighted by Crippen LogP contribution is 2.75. The molecule has 0 amide bonds. The van der Waals surface area contributed by atoms with Gasteiger partial charge in [-0.25, -0.2) is 4.39 Å². The number of fused-ring (bicyclic) bond motifs is 2. The van der Waals surface area contributed by atoms with Crippen molar-refractivity contribution < 1.29 is 13.9 Å². The van der Waals surface area contributed by atoms with Crippen molar-refractivity contribution in [3.05, 3.63) is 66.2 Å². The SMILES string of the molecule is C=C(C)c1c(C23CC(C(=O)OC)(C2)C3)c2cc3[nH]ncc3cc2n1-c1ccc(F)cc1. The van der Waals surface area contributed by atoms with E-state index in [1.807, 2.05) is 13.1 Å². The number of H-pyrrole nitrogens is 1. The molecule has 5 nitrogen and oxygen atoms in total. The second kappa shape index (κ2) is 5.84. The number of aromatic nitrogens is 3. The maximum Gasteiger partial charge on any atom is 0.311 e. The van der Waals surface area contributed by atoms with Crippen LogP contribution in [0.5, 0.6) is 0 Å². The summed E-state index contributed by atoms with van der Waals surface area (Å²) in [6.45, 7) is 6.30. The zero-order valence-corrected chi connectivity index (χ0v) is 17.5. The van der Waals surface area contributed by atoms with E-state index < -0.39 is 0 Å². The Hall–Kier alpha value is -3.41. The maximum absolute atomic E-state index is 13.7. The number of halogens is 1. The predicted molar refractivity (Wildman–Crippen MR) is 118 cm³/mol. The van der Waals surface area contributed by atoms with Crippen LogP contribution in [0.25, 0.3) is 33.1 Å². The van der Waals surface area contributed by atoms with Crippen LogP contribution in [0.4, 0.5) is 4.39 Å². The molecule has 1 N–H and O–H groups in total. The Bertz CT molecular complexity index is 1390. The molecule has 0 saturated heterocycles. The van der Waals surface area contributed by atoms with Gasteiger partial charge in [-0.15, -0.1) is 0 Å². The first-order valence-corrected chi connectivity index (χ1v) is 10.4. The first kappa shape index (κ1) is 18.4. The van der Waals surface area contributed by atoms with Gasteiger partial charge in [-0.2, -0.15) is 5.10 Å². The molecule has 4 aromatic rings. The molecule has 6 heteroatoms. The highest BCUT2D eigenvalue weighted by atomic mass is 19.1. The quantitative estimate of drug-likeness (QED) is 0.462. The van der Waals surface area contributed by atoms with Crippen LogP contribution in [0, 0.1) is 11.2 Å². The zero-order chi connectivity index (χ0) is 21.5. The zero-order valence-electron chi connectivity index (χ0n) is 17.5. The maximum atomic E-state index is 13.7. The Kier molecular flexibility index (Phi) is 3.46. The fourth-order valence-electron chi connectivity index (χ4n) is 6.01. The molecule has 3 saturated carbocycles. The van der Waals surface area contributed by atoms with Crippen LogP contribution >= 0.6 is 0 Å². The van der Waals surface area contributed by atoms with Crippen LogP contribution in [0.1, 0.15) is 37.4 Å². The third kappa shape index (κ3) is 2.25. The molecule has 7 rings (SSSR count). The van der Waals surface area contributed by atoms with E-state index in [0.29, 0.717) is 0 Å². The molecular weight excluding hydrogens is 393 g/mol. The monoisotopic (exact) mass is 415 g/mol. The average Bonchev–Trinajstić information content (AvgIpc) is 3.27. The van der Waals surface area contributed by atoms with E-state index in [-0.39, 0.29) is 22.6 Å². The van der Waals surface area contributed by atoms with Crippen molar-refractivity contribution in [3.63, 3.8) is 0 Å². The molecule has 0 atom stereocenters. The lowest BCUT2D eigenvalue weighted by Crippen LogP contribution is -2.68. The molecule has 0 spiro atoms. The lowest BCUT2D eigenvalue weighted by molar-refractivity contribution is -0.197. The number of aromatic amines is 1. The summed E-state index contributed by atoms with van der Waals surface area (Å²) in [6, 6.07) is 10.8. The lowest BCUT2D eigenvalue weighted by atomic mass is 9.33. The Labute approximate surface area is 178 Å². The first-order chi connectivity index (χ1) is 14.9. The molecule has 2 aromatic carbocycles. The number of carbonyl (C=O) groups is 1. The summed E-state index contributed by atoms with van der Waals surface area (Å²) in [7, 11) is 1.46. The number of nitrogens with zero attached hydrogens (tertiary/aromatic N) is 2. The predicted octanol–water partition coefficient (Wildman–Crippen LogP) is 5.27. The molecular formula is C25H22FN3O2. The minimum absolute atomic E-state index is 0.0697. The molecule has 2 aromatic heterocycles. The number of carbonyl (C=O) groups excluding carboxylic acids is 1. The van der Waals surface area contributed by atoms with Gasteiger partial charge in [-0.1, -0.05) is 6.58 Å². The fourth-order valence-corrected chi connectivity index (χ4v) is 6.01. The number of allylic oxidation sites excluding steroid dienone is 1. The van der Waals surface area contributed by atoms with Gasteiger partial charge < -0.3 is 9.30 Å². The van der Waals surface area contributed by atoms with Crippen LogP contribution in [0.2, 0.25) is 0 Å². The molecule has 0 aliphatic heterocycles. The number of rotatable bonds is 4. The van der Waals surface area contributed by atoms with Gasteiger partial charge in [0.15, 0.2) is 0 Å². The van der Waals surface area contributed by atoms with Crippen molar-refractivity contribution in [2.24, 2.45) is 5.41 Å². The van der Waals surface area contributed by atoms with Gasteiger partial charge in [-0.3, -0.25) is 9.89 Å². The number of nitrogens with one attached hydrogen (secondary N) is 1. The summed E-state index contributed by atoms with van der Waals surface area (Å²) >= 11 is 0. The molecule has 2 bridgehead atoms. The number of methoxy groups -OCH3 is 1. The van der Waals surface area contributed by atoms with Gasteiger partial charge >= 0.3 is 5.97 Å². The standard InChI is InChI=1S/C25H22FN3O2/c1-14(2)22-21(24-11-25(12-24,13-24)23(30)31-3)18-9-19-15(10-27-28-19)8-20(18)29(22)17-6-4-16(26)5-7-17/h4-10H,1,11-13H2,2-3H3,(H,27,28). The molecule has 3 aliphatic rings. The number of benzene rings is 2. The van der Waals surface area contributed by atoms with E-state index in [1.165, 1.54) is 24.8 Å². The highest BCUT2D eigenvalue weighted by molar-refractivity contribution is 6.02. The topological polar surface area (TPSA) is 59.9 Å². The fraction of sp³-hybridized carbons (Fsp3) is 0.280. The smallest absolute Gasteiger partial charge is 0.311 e. The third-order valence-electron chi connectivity index (χ3n) is 7.20. The van der Waals surface area contributed by atoms with Gasteiger partial charge in [0.2, 0.25) is 0 Å². The summed E-state index contributed by atoms with van der Waals surface area (Å²) in [6.07, 6.45) is 4.17. The summed E-state index contributed by atoms with van der Waals surface area (Å²) in [5, 5.41) is 9.40. The Balaban J connectivity index is 1.65. The molecule has 0 unspecified atom stereocenters. The van der Waals surface area contributed by atoms with Gasteiger partial charge in [0.25, 0.3) is 0 Å². The van der Waals surface area contributed by atoms with Gasteiger partial charge in [0.05, 0.1) is 35.4 Å². The van der Waals surface area contributed by atoms with Crippen LogP contribution < -0.4 is 0 Å². The van der Waals surface area contributed by atoms with Crippen molar-refractivity contribution in [1.82, 2.24) is 14.8 Å². The van der Waals surface area contributed by atoms with Crippen molar-refractivity contribution >= 4 is 33.3 Å². The first-order valence-electron chi connectivity index (χ1n) is 10.4. The molecule has 156 valence electrons. The third-order valence-corrected chi connectivity index (χ3v) is 7.20. The molecule has 3 aliphatic carbocycles. The molecule has 0 radical (unpaired) electrons. The van der Waals surface area contributed by atoms with E-state index in [2.05, 4.69) is 33.5 Å². The van der Waals surface area contributed by atoms with E-state index >= 15 is 0 Å².